The van der Waals surface area contributed by atoms with Crippen LogP contribution in [0.5, 0.6) is 0 Å². The van der Waals surface area contributed by atoms with E-state index in [9.17, 15) is 4.79 Å². The molecule has 0 spiro atoms. The summed E-state index contributed by atoms with van der Waals surface area (Å²) in [6.07, 6.45) is 6.81. The molecule has 3 rings (SSSR count). The second-order valence-electron chi connectivity index (χ2n) is 4.77. The van der Waals surface area contributed by atoms with Gasteiger partial charge in [0.2, 0.25) is 0 Å². The van der Waals surface area contributed by atoms with Gasteiger partial charge in [-0.2, -0.15) is 0 Å². The summed E-state index contributed by atoms with van der Waals surface area (Å²) >= 11 is 1.66. The summed E-state index contributed by atoms with van der Waals surface area (Å²) in [6, 6.07) is 7.59. The van der Waals surface area contributed by atoms with Crippen LogP contribution in [0.15, 0.2) is 54.6 Å². The van der Waals surface area contributed by atoms with Crippen LogP contribution in [0, 0.1) is 0 Å². The van der Waals surface area contributed by atoms with Gasteiger partial charge in [0.15, 0.2) is 0 Å². The molecule has 0 saturated heterocycles. The number of imidazole rings is 1. The Hall–Kier alpha value is -2.47. The van der Waals surface area contributed by atoms with Crippen molar-refractivity contribution < 1.29 is 4.79 Å². The third kappa shape index (κ3) is 3.07. The third-order valence-corrected chi connectivity index (χ3v) is 4.22. The molecule has 1 amide bonds. The number of thiophene rings is 1. The van der Waals surface area contributed by atoms with Gasteiger partial charge in [0, 0.05) is 35.6 Å². The maximum absolute atomic E-state index is 12.7. The number of amides is 1. The SMILES string of the molecule is CCN(Cc1cccs1)C(=O)c1ccnc(-n2ccnc2)c1. The number of nitrogens with zero attached hydrogens (tertiary/aromatic N) is 4. The molecule has 0 saturated carbocycles. The van der Waals surface area contributed by atoms with Crippen LogP contribution in [0.25, 0.3) is 5.82 Å². The molecule has 0 aliphatic rings. The minimum Gasteiger partial charge on any atom is -0.334 e. The zero-order chi connectivity index (χ0) is 15.4. The first-order chi connectivity index (χ1) is 10.8. The van der Waals surface area contributed by atoms with Crippen LogP contribution in [0.1, 0.15) is 22.2 Å². The van der Waals surface area contributed by atoms with Crippen molar-refractivity contribution in [1.29, 1.82) is 0 Å². The fourth-order valence-corrected chi connectivity index (χ4v) is 2.91. The molecule has 5 nitrogen and oxygen atoms in total. The van der Waals surface area contributed by atoms with E-state index in [4.69, 9.17) is 0 Å². The molecule has 112 valence electrons. The van der Waals surface area contributed by atoms with E-state index in [2.05, 4.69) is 9.97 Å². The Bertz CT molecular complexity index is 737. The van der Waals surface area contributed by atoms with Crippen LogP contribution in [-0.4, -0.2) is 31.9 Å². The molecule has 0 aliphatic carbocycles. The van der Waals surface area contributed by atoms with Crippen LogP contribution in [0.4, 0.5) is 0 Å². The van der Waals surface area contributed by atoms with Crippen LogP contribution < -0.4 is 0 Å². The Balaban J connectivity index is 1.83. The second kappa shape index (κ2) is 6.53. The van der Waals surface area contributed by atoms with E-state index in [0.717, 1.165) is 0 Å². The molecule has 0 atom stereocenters. The fourth-order valence-electron chi connectivity index (χ4n) is 2.19. The number of hydrogen-bond acceptors (Lipinski definition) is 4. The molecule has 0 N–H and O–H groups in total. The van der Waals surface area contributed by atoms with Crippen molar-refractivity contribution in [2.75, 3.05) is 6.54 Å². The molecule has 3 aromatic heterocycles. The first kappa shape index (κ1) is 14.5. The molecule has 0 aliphatic heterocycles. The van der Waals surface area contributed by atoms with Crippen LogP contribution in [0.3, 0.4) is 0 Å². The first-order valence-corrected chi connectivity index (χ1v) is 7.92. The van der Waals surface area contributed by atoms with Gasteiger partial charge in [-0.15, -0.1) is 11.3 Å². The Kier molecular flexibility index (Phi) is 4.29. The predicted octanol–water partition coefficient (Wildman–Crippen LogP) is 2.99. The topological polar surface area (TPSA) is 51.0 Å². The second-order valence-corrected chi connectivity index (χ2v) is 5.80. The highest BCUT2D eigenvalue weighted by molar-refractivity contribution is 7.09. The molecule has 0 bridgehead atoms. The smallest absolute Gasteiger partial charge is 0.254 e. The highest BCUT2D eigenvalue weighted by Gasteiger charge is 2.16. The van der Waals surface area contributed by atoms with Crippen molar-refractivity contribution in [2.45, 2.75) is 13.5 Å². The van der Waals surface area contributed by atoms with Gasteiger partial charge in [0.1, 0.15) is 12.1 Å². The number of hydrogen-bond donors (Lipinski definition) is 0. The lowest BCUT2D eigenvalue weighted by Crippen LogP contribution is -2.30. The molecular formula is C16H16N4OS. The largest absolute Gasteiger partial charge is 0.334 e. The van der Waals surface area contributed by atoms with Gasteiger partial charge < -0.3 is 4.90 Å². The summed E-state index contributed by atoms with van der Waals surface area (Å²) in [4.78, 5) is 24.0. The molecule has 3 aromatic rings. The molecule has 3 heterocycles. The summed E-state index contributed by atoms with van der Waals surface area (Å²) in [7, 11) is 0. The van der Waals surface area contributed by atoms with Gasteiger partial charge in [0.25, 0.3) is 5.91 Å². The third-order valence-electron chi connectivity index (χ3n) is 3.36. The Morgan fingerprint density at radius 2 is 2.27 bits per heavy atom. The molecule has 0 radical (unpaired) electrons. The summed E-state index contributed by atoms with van der Waals surface area (Å²) in [5.74, 6) is 0.704. The summed E-state index contributed by atoms with van der Waals surface area (Å²) in [6.45, 7) is 3.29. The number of pyridine rings is 1. The van der Waals surface area contributed by atoms with Crippen molar-refractivity contribution in [2.24, 2.45) is 0 Å². The van der Waals surface area contributed by atoms with Crippen molar-refractivity contribution >= 4 is 17.2 Å². The van der Waals surface area contributed by atoms with Crippen molar-refractivity contribution in [3.63, 3.8) is 0 Å². The van der Waals surface area contributed by atoms with Crippen molar-refractivity contribution in [1.82, 2.24) is 19.4 Å². The van der Waals surface area contributed by atoms with Gasteiger partial charge in [-0.25, -0.2) is 9.97 Å². The van der Waals surface area contributed by atoms with E-state index in [1.54, 1.807) is 53.0 Å². The van der Waals surface area contributed by atoms with Crippen LogP contribution in [-0.2, 0) is 6.54 Å². The average molecular weight is 312 g/mol. The predicted molar refractivity (Wildman–Crippen MR) is 86.1 cm³/mol. The lowest BCUT2D eigenvalue weighted by atomic mass is 10.2. The summed E-state index contributed by atoms with van der Waals surface area (Å²) in [5.41, 5.74) is 0.636. The highest BCUT2D eigenvalue weighted by Crippen LogP contribution is 2.15. The standard InChI is InChI=1S/C16H16N4OS/c1-2-19(11-14-4-3-9-22-14)16(21)13-5-6-18-15(10-13)20-8-7-17-12-20/h3-10,12H,2,11H2,1H3. The van der Waals surface area contributed by atoms with E-state index < -0.39 is 0 Å². The minimum absolute atomic E-state index is 0.0136. The van der Waals surface area contributed by atoms with Gasteiger partial charge >= 0.3 is 0 Å². The van der Waals surface area contributed by atoms with E-state index in [1.165, 1.54) is 4.88 Å². The van der Waals surface area contributed by atoms with Crippen LogP contribution >= 0.6 is 11.3 Å². The molecular weight excluding hydrogens is 296 g/mol. The molecule has 0 unspecified atom stereocenters. The van der Waals surface area contributed by atoms with E-state index in [0.29, 0.717) is 24.5 Å². The Labute approximate surface area is 132 Å². The van der Waals surface area contributed by atoms with Gasteiger partial charge in [-0.3, -0.25) is 9.36 Å². The number of aromatic nitrogens is 3. The first-order valence-electron chi connectivity index (χ1n) is 7.04. The number of carbonyl (C=O) groups is 1. The zero-order valence-electron chi connectivity index (χ0n) is 12.2. The lowest BCUT2D eigenvalue weighted by Gasteiger charge is -2.20. The van der Waals surface area contributed by atoms with Gasteiger partial charge in [-0.05, 0) is 30.5 Å². The summed E-state index contributed by atoms with van der Waals surface area (Å²) in [5, 5.41) is 2.03. The number of carbonyl (C=O) groups excluding carboxylic acids is 1. The van der Waals surface area contributed by atoms with Crippen molar-refractivity contribution in [3.05, 3.63) is 65.0 Å². The van der Waals surface area contributed by atoms with Gasteiger partial charge in [0.05, 0.1) is 6.54 Å². The summed E-state index contributed by atoms with van der Waals surface area (Å²) < 4.78 is 1.78. The fraction of sp³-hybridized carbons (Fsp3) is 0.188. The number of rotatable bonds is 5. The molecule has 22 heavy (non-hydrogen) atoms. The van der Waals surface area contributed by atoms with Gasteiger partial charge in [-0.1, -0.05) is 6.07 Å². The molecule has 0 aromatic carbocycles. The Morgan fingerprint density at radius 1 is 1.36 bits per heavy atom. The molecule has 0 fully saturated rings. The van der Waals surface area contributed by atoms with Crippen molar-refractivity contribution in [3.8, 4) is 5.82 Å². The van der Waals surface area contributed by atoms with E-state index in [-0.39, 0.29) is 5.91 Å². The maximum Gasteiger partial charge on any atom is 0.254 e. The highest BCUT2D eigenvalue weighted by atomic mass is 32.1. The lowest BCUT2D eigenvalue weighted by molar-refractivity contribution is 0.0754. The normalized spacial score (nSPS) is 10.6. The maximum atomic E-state index is 12.7. The monoisotopic (exact) mass is 312 g/mol. The molecule has 6 heteroatoms. The average Bonchev–Trinajstić information content (AvgIpc) is 3.25. The van der Waals surface area contributed by atoms with E-state index in [1.807, 2.05) is 29.3 Å². The zero-order valence-corrected chi connectivity index (χ0v) is 13.0. The minimum atomic E-state index is 0.0136. The van der Waals surface area contributed by atoms with Crippen LogP contribution in [0.2, 0.25) is 0 Å². The van der Waals surface area contributed by atoms with E-state index >= 15 is 0 Å². The quantitative estimate of drug-likeness (QED) is 0.728. The Morgan fingerprint density at radius 3 is 2.95 bits per heavy atom.